The Bertz CT molecular complexity index is 317. The fourth-order valence-corrected chi connectivity index (χ4v) is 4.40. The van der Waals surface area contributed by atoms with Crippen LogP contribution in [0.2, 0.25) is 6.04 Å². The molecule has 0 heterocycles. The van der Waals surface area contributed by atoms with Crippen molar-refractivity contribution in [1.82, 2.24) is 0 Å². The third kappa shape index (κ3) is 7.30. The highest BCUT2D eigenvalue weighted by Gasteiger charge is 2.32. The van der Waals surface area contributed by atoms with Crippen molar-refractivity contribution in [2.75, 3.05) is 0 Å². The minimum Gasteiger partial charge on any atom is -0.518 e. The van der Waals surface area contributed by atoms with E-state index in [-0.39, 0.29) is 0 Å². The van der Waals surface area contributed by atoms with Crippen molar-refractivity contribution in [3.63, 3.8) is 0 Å². The molecule has 0 bridgehead atoms. The van der Waals surface area contributed by atoms with Crippen LogP contribution in [0.4, 0.5) is 0 Å². The first-order valence-corrected chi connectivity index (χ1v) is 10.9. The molecule has 0 atom stereocenters. The number of hydrogen-bond acceptors (Lipinski definition) is 1. The standard InChI is InChI=1S/C14H22Cl2OSi/c1-2-3-4-5-6-10-13-18(15,16)17-14-11-8-7-9-12-14/h7-9,11-12H,2-6,10,13H2,1H3. The predicted molar refractivity (Wildman–Crippen MR) is 82.7 cm³/mol. The lowest BCUT2D eigenvalue weighted by molar-refractivity contribution is 0.562. The Kier molecular flexibility index (Phi) is 7.79. The zero-order chi connectivity index (χ0) is 13.3. The maximum absolute atomic E-state index is 6.29. The van der Waals surface area contributed by atoms with Crippen LogP contribution in [-0.2, 0) is 0 Å². The highest BCUT2D eigenvalue weighted by atomic mass is 35.7. The van der Waals surface area contributed by atoms with Gasteiger partial charge in [0.15, 0.2) is 0 Å². The summed E-state index contributed by atoms with van der Waals surface area (Å²) in [6.07, 6.45) is 7.46. The van der Waals surface area contributed by atoms with Crippen molar-refractivity contribution in [2.45, 2.75) is 51.5 Å². The van der Waals surface area contributed by atoms with Gasteiger partial charge >= 0.3 is 6.94 Å². The third-order valence-corrected chi connectivity index (χ3v) is 5.90. The Morgan fingerprint density at radius 1 is 0.944 bits per heavy atom. The lowest BCUT2D eigenvalue weighted by atomic mass is 10.1. The van der Waals surface area contributed by atoms with E-state index in [9.17, 15) is 0 Å². The Labute approximate surface area is 121 Å². The first-order valence-electron chi connectivity index (χ1n) is 6.76. The number of halogens is 2. The summed E-state index contributed by atoms with van der Waals surface area (Å²) in [7, 11) is 0. The molecule has 1 aromatic carbocycles. The van der Waals surface area contributed by atoms with E-state index >= 15 is 0 Å². The van der Waals surface area contributed by atoms with E-state index in [4.69, 9.17) is 26.6 Å². The first kappa shape index (κ1) is 15.9. The van der Waals surface area contributed by atoms with Gasteiger partial charge in [-0.25, -0.2) is 0 Å². The predicted octanol–water partition coefficient (Wildman–Crippen LogP) is 5.84. The van der Waals surface area contributed by atoms with Crippen LogP contribution >= 0.6 is 22.2 Å². The highest BCUT2D eigenvalue weighted by molar-refractivity contribution is 7.42. The molecule has 1 nitrogen and oxygen atoms in total. The van der Waals surface area contributed by atoms with Crippen molar-refractivity contribution < 1.29 is 4.43 Å². The number of para-hydroxylation sites is 1. The monoisotopic (exact) mass is 304 g/mol. The topological polar surface area (TPSA) is 9.23 Å². The Morgan fingerprint density at radius 2 is 1.56 bits per heavy atom. The van der Waals surface area contributed by atoms with Crippen molar-refractivity contribution in [3.05, 3.63) is 30.3 Å². The normalized spacial score (nSPS) is 11.5. The second-order valence-corrected chi connectivity index (χ2v) is 10.8. The van der Waals surface area contributed by atoms with Gasteiger partial charge in [0.25, 0.3) is 0 Å². The van der Waals surface area contributed by atoms with Crippen LogP contribution in [-0.4, -0.2) is 6.94 Å². The second-order valence-electron chi connectivity index (χ2n) is 4.57. The van der Waals surface area contributed by atoms with E-state index in [1.807, 2.05) is 30.3 Å². The van der Waals surface area contributed by atoms with Gasteiger partial charge < -0.3 is 4.43 Å². The number of rotatable bonds is 9. The van der Waals surface area contributed by atoms with Crippen LogP contribution in [0.25, 0.3) is 0 Å². The maximum atomic E-state index is 6.29. The zero-order valence-corrected chi connectivity index (χ0v) is 13.5. The van der Waals surface area contributed by atoms with Gasteiger partial charge in [-0.05, 0) is 12.1 Å². The van der Waals surface area contributed by atoms with Crippen LogP contribution in [0.1, 0.15) is 45.4 Å². The van der Waals surface area contributed by atoms with E-state index < -0.39 is 6.94 Å². The number of unbranched alkanes of at least 4 members (excludes halogenated alkanes) is 5. The van der Waals surface area contributed by atoms with E-state index in [1.165, 1.54) is 32.1 Å². The Balaban J connectivity index is 2.19. The van der Waals surface area contributed by atoms with Gasteiger partial charge in [0.05, 0.1) is 0 Å². The lowest BCUT2D eigenvalue weighted by Crippen LogP contribution is -2.28. The fourth-order valence-electron chi connectivity index (χ4n) is 1.82. The summed E-state index contributed by atoms with van der Waals surface area (Å²) in [5.41, 5.74) is 0. The molecule has 0 aliphatic heterocycles. The molecule has 0 spiro atoms. The van der Waals surface area contributed by atoms with Gasteiger partial charge in [-0.2, -0.15) is 0 Å². The molecule has 0 aliphatic carbocycles. The van der Waals surface area contributed by atoms with Crippen molar-refractivity contribution in [1.29, 1.82) is 0 Å². The largest absolute Gasteiger partial charge is 0.518 e. The number of hydrogen-bond donors (Lipinski definition) is 0. The smallest absolute Gasteiger partial charge is 0.449 e. The average Bonchev–Trinajstić information content (AvgIpc) is 2.34. The van der Waals surface area contributed by atoms with Crippen LogP contribution in [0, 0.1) is 0 Å². The molecular weight excluding hydrogens is 283 g/mol. The highest BCUT2D eigenvalue weighted by Crippen LogP contribution is 2.27. The zero-order valence-electron chi connectivity index (χ0n) is 11.0. The molecule has 0 unspecified atom stereocenters. The Morgan fingerprint density at radius 3 is 2.22 bits per heavy atom. The molecule has 102 valence electrons. The van der Waals surface area contributed by atoms with Crippen molar-refractivity contribution >= 4 is 29.1 Å². The van der Waals surface area contributed by atoms with Gasteiger partial charge in [-0.15, -0.1) is 0 Å². The lowest BCUT2D eigenvalue weighted by Gasteiger charge is -2.18. The van der Waals surface area contributed by atoms with Crippen LogP contribution in [0.3, 0.4) is 0 Å². The summed E-state index contributed by atoms with van der Waals surface area (Å²) >= 11 is 12.6. The molecule has 4 heteroatoms. The van der Waals surface area contributed by atoms with E-state index in [2.05, 4.69) is 6.92 Å². The quantitative estimate of drug-likeness (QED) is 0.316. The van der Waals surface area contributed by atoms with Gasteiger partial charge in [-0.3, -0.25) is 0 Å². The van der Waals surface area contributed by atoms with E-state index in [0.29, 0.717) is 0 Å². The van der Waals surface area contributed by atoms with Gasteiger partial charge in [0.2, 0.25) is 0 Å². The van der Waals surface area contributed by atoms with Gasteiger partial charge in [0, 0.05) is 6.04 Å². The minimum absolute atomic E-state index is 0.778. The molecule has 1 aromatic rings. The summed E-state index contributed by atoms with van der Waals surface area (Å²) in [4.78, 5) is 0. The SMILES string of the molecule is CCCCCCCC[Si](Cl)(Cl)Oc1ccccc1. The summed E-state index contributed by atoms with van der Waals surface area (Å²) in [5.74, 6) is 0.778. The van der Waals surface area contributed by atoms with Crippen LogP contribution < -0.4 is 4.43 Å². The first-order chi connectivity index (χ1) is 8.64. The van der Waals surface area contributed by atoms with Crippen LogP contribution in [0.5, 0.6) is 5.75 Å². The molecule has 0 aromatic heterocycles. The average molecular weight is 305 g/mol. The molecular formula is C14H22Cl2OSi. The molecule has 0 saturated carbocycles. The summed E-state index contributed by atoms with van der Waals surface area (Å²) < 4.78 is 5.70. The summed E-state index contributed by atoms with van der Waals surface area (Å²) in [6.45, 7) is -0.343. The van der Waals surface area contributed by atoms with Crippen LogP contribution in [0.15, 0.2) is 30.3 Å². The summed E-state index contributed by atoms with van der Waals surface area (Å²) in [5, 5.41) is 0. The third-order valence-electron chi connectivity index (χ3n) is 2.83. The molecule has 0 saturated heterocycles. The van der Waals surface area contributed by atoms with E-state index in [0.717, 1.165) is 18.2 Å². The van der Waals surface area contributed by atoms with Crippen molar-refractivity contribution in [2.24, 2.45) is 0 Å². The molecule has 1 rings (SSSR count). The molecule has 0 fully saturated rings. The second kappa shape index (κ2) is 8.84. The molecule has 0 aliphatic rings. The number of benzene rings is 1. The minimum atomic E-state index is -2.57. The molecule has 0 radical (unpaired) electrons. The molecule has 0 amide bonds. The maximum Gasteiger partial charge on any atom is 0.449 e. The van der Waals surface area contributed by atoms with Crippen molar-refractivity contribution in [3.8, 4) is 5.75 Å². The summed E-state index contributed by atoms with van der Waals surface area (Å²) in [6, 6.07) is 10.4. The van der Waals surface area contributed by atoms with E-state index in [1.54, 1.807) is 0 Å². The fraction of sp³-hybridized carbons (Fsp3) is 0.571. The van der Waals surface area contributed by atoms with Gasteiger partial charge in [-0.1, -0.05) is 85.8 Å². The Hall–Kier alpha value is -0.183. The molecule has 18 heavy (non-hydrogen) atoms. The molecule has 0 N–H and O–H groups in total. The van der Waals surface area contributed by atoms with Gasteiger partial charge in [0.1, 0.15) is 5.75 Å².